The van der Waals surface area contributed by atoms with E-state index in [4.69, 9.17) is 9.15 Å². The molecule has 1 aliphatic heterocycles. The number of piperidine rings is 1. The summed E-state index contributed by atoms with van der Waals surface area (Å²) in [6.07, 6.45) is 5.56. The highest BCUT2D eigenvalue weighted by Crippen LogP contribution is 2.26. The van der Waals surface area contributed by atoms with Crippen LogP contribution in [0.25, 0.3) is 11.0 Å². The van der Waals surface area contributed by atoms with Crippen LogP contribution in [-0.2, 0) is 0 Å². The zero-order valence-electron chi connectivity index (χ0n) is 12.5. The Morgan fingerprint density at radius 3 is 2.86 bits per heavy atom. The average Bonchev–Trinajstić information content (AvgIpc) is 2.92. The van der Waals surface area contributed by atoms with Crippen molar-refractivity contribution in [2.24, 2.45) is 0 Å². The van der Waals surface area contributed by atoms with Crippen molar-refractivity contribution < 1.29 is 18.8 Å². The van der Waals surface area contributed by atoms with Crippen LogP contribution >= 0.6 is 0 Å². The first kappa shape index (κ1) is 14.1. The van der Waals surface area contributed by atoms with Gasteiger partial charge >= 0.3 is 0 Å². The van der Waals surface area contributed by atoms with Gasteiger partial charge in [0.2, 0.25) is 0 Å². The highest BCUT2D eigenvalue weighted by molar-refractivity contribution is 6.06. The van der Waals surface area contributed by atoms with Gasteiger partial charge in [-0.15, -0.1) is 0 Å². The molecule has 0 aliphatic carbocycles. The molecule has 112 valence electrons. The van der Waals surface area contributed by atoms with Crippen LogP contribution in [-0.4, -0.2) is 32.0 Å². The number of quaternary nitrogens is 1. The molecule has 0 unspecified atom stereocenters. The Hall–Kier alpha value is -1.81. The fourth-order valence-corrected chi connectivity index (χ4v) is 2.99. The molecule has 2 heterocycles. The third-order valence-electron chi connectivity index (χ3n) is 4.21. The maximum absolute atomic E-state index is 11.5. The molecule has 1 N–H and O–H groups in total. The van der Waals surface area contributed by atoms with Crippen molar-refractivity contribution in [3.63, 3.8) is 0 Å². The van der Waals surface area contributed by atoms with Gasteiger partial charge in [-0.3, -0.25) is 4.79 Å². The number of nitrogens with one attached hydrogen (secondary N) is 1. The zero-order chi connectivity index (χ0) is 14.7. The van der Waals surface area contributed by atoms with Crippen molar-refractivity contribution >= 4 is 16.8 Å². The molecule has 0 saturated carbocycles. The first-order valence-electron chi connectivity index (χ1n) is 7.72. The smallest absolute Gasteiger partial charge is 0.163 e. The molecule has 1 fully saturated rings. The van der Waals surface area contributed by atoms with Crippen LogP contribution < -0.4 is 9.64 Å². The second-order valence-corrected chi connectivity index (χ2v) is 5.77. The molecule has 4 heteroatoms. The number of rotatable bonds is 5. The van der Waals surface area contributed by atoms with Gasteiger partial charge in [0.05, 0.1) is 18.7 Å². The minimum absolute atomic E-state index is 0.0173. The average molecular weight is 288 g/mol. The predicted molar refractivity (Wildman–Crippen MR) is 81.1 cm³/mol. The minimum Gasteiger partial charge on any atom is -0.488 e. The second kappa shape index (κ2) is 6.31. The summed E-state index contributed by atoms with van der Waals surface area (Å²) in [7, 11) is 0. The van der Waals surface area contributed by atoms with Crippen molar-refractivity contribution in [3.05, 3.63) is 30.0 Å². The lowest BCUT2D eigenvalue weighted by Gasteiger charge is -2.23. The van der Waals surface area contributed by atoms with Gasteiger partial charge in [-0.2, -0.15) is 0 Å². The van der Waals surface area contributed by atoms with E-state index in [2.05, 4.69) is 0 Å². The Bertz CT molecular complexity index is 626. The van der Waals surface area contributed by atoms with E-state index in [1.807, 2.05) is 18.2 Å². The minimum atomic E-state index is 0.0173. The van der Waals surface area contributed by atoms with E-state index in [1.165, 1.54) is 38.6 Å². The number of carbonyl (C=O) groups excluding carboxylic acids is 1. The van der Waals surface area contributed by atoms with E-state index in [0.29, 0.717) is 12.2 Å². The highest BCUT2D eigenvalue weighted by atomic mass is 16.5. The number of hydrogen-bond donors (Lipinski definition) is 1. The van der Waals surface area contributed by atoms with Crippen molar-refractivity contribution in [2.75, 3.05) is 26.2 Å². The van der Waals surface area contributed by atoms with Crippen LogP contribution in [0.1, 0.15) is 36.5 Å². The second-order valence-electron chi connectivity index (χ2n) is 5.77. The van der Waals surface area contributed by atoms with Crippen LogP contribution in [0.15, 0.2) is 28.9 Å². The Morgan fingerprint density at radius 1 is 1.29 bits per heavy atom. The maximum atomic E-state index is 11.5. The summed E-state index contributed by atoms with van der Waals surface area (Å²) in [5.74, 6) is 0.825. The first-order chi connectivity index (χ1) is 10.2. The molecule has 0 atom stereocenters. The topological polar surface area (TPSA) is 43.9 Å². The molecule has 1 aromatic carbocycles. The first-order valence-corrected chi connectivity index (χ1v) is 7.72. The van der Waals surface area contributed by atoms with Gasteiger partial charge in [0.25, 0.3) is 0 Å². The molecule has 3 rings (SSSR count). The molecule has 0 spiro atoms. The van der Waals surface area contributed by atoms with E-state index in [9.17, 15) is 4.79 Å². The lowest BCUT2D eigenvalue weighted by molar-refractivity contribution is -0.904. The van der Waals surface area contributed by atoms with Gasteiger partial charge in [0.15, 0.2) is 5.78 Å². The summed E-state index contributed by atoms with van der Waals surface area (Å²) in [4.78, 5) is 13.2. The number of carbonyl (C=O) groups is 1. The standard InChI is InChI=1S/C17H21NO3/c1-13(19)16-12-21-17-6-5-14(11-15(16)17)20-10-9-18-7-3-2-4-8-18/h5-6,11-12H,2-4,7-10H2,1H3/p+1. The van der Waals surface area contributed by atoms with Crippen LogP contribution in [0.4, 0.5) is 0 Å². The van der Waals surface area contributed by atoms with Crippen LogP contribution in [0.2, 0.25) is 0 Å². The van der Waals surface area contributed by atoms with Crippen molar-refractivity contribution in [1.29, 1.82) is 0 Å². The molecule has 21 heavy (non-hydrogen) atoms. The molecule has 1 saturated heterocycles. The van der Waals surface area contributed by atoms with Gasteiger partial charge in [-0.05, 0) is 44.4 Å². The lowest BCUT2D eigenvalue weighted by atomic mass is 10.1. The van der Waals surface area contributed by atoms with Gasteiger partial charge in [-0.1, -0.05) is 0 Å². The van der Waals surface area contributed by atoms with Gasteiger partial charge in [0, 0.05) is 5.39 Å². The molecule has 0 radical (unpaired) electrons. The van der Waals surface area contributed by atoms with E-state index < -0.39 is 0 Å². The number of Topliss-reactive ketones (excluding diaryl/α,β-unsaturated/α-hetero) is 1. The lowest BCUT2D eigenvalue weighted by Crippen LogP contribution is -3.13. The third kappa shape index (κ3) is 3.27. The van der Waals surface area contributed by atoms with Crippen molar-refractivity contribution in [2.45, 2.75) is 26.2 Å². The summed E-state index contributed by atoms with van der Waals surface area (Å²) in [5.41, 5.74) is 1.35. The number of benzene rings is 1. The molecule has 1 aromatic heterocycles. The Labute approximate surface area is 124 Å². The quantitative estimate of drug-likeness (QED) is 0.857. The number of ether oxygens (including phenoxy) is 1. The number of hydrogen-bond acceptors (Lipinski definition) is 3. The molecule has 1 aliphatic rings. The largest absolute Gasteiger partial charge is 0.488 e. The van der Waals surface area contributed by atoms with Crippen molar-refractivity contribution in [1.82, 2.24) is 0 Å². The van der Waals surface area contributed by atoms with E-state index in [-0.39, 0.29) is 5.78 Å². The fraction of sp³-hybridized carbons (Fsp3) is 0.471. The molecule has 0 amide bonds. The number of ketones is 1. The fourth-order valence-electron chi connectivity index (χ4n) is 2.99. The summed E-state index contributed by atoms with van der Waals surface area (Å²) >= 11 is 0. The van der Waals surface area contributed by atoms with Gasteiger partial charge < -0.3 is 14.1 Å². The van der Waals surface area contributed by atoms with Crippen LogP contribution in [0.5, 0.6) is 5.75 Å². The molecular weight excluding hydrogens is 266 g/mol. The molecule has 0 bridgehead atoms. The van der Waals surface area contributed by atoms with E-state index in [0.717, 1.165) is 23.3 Å². The van der Waals surface area contributed by atoms with Crippen molar-refractivity contribution in [3.8, 4) is 5.75 Å². The van der Waals surface area contributed by atoms with E-state index >= 15 is 0 Å². The Balaban J connectivity index is 1.63. The monoisotopic (exact) mass is 288 g/mol. The molecule has 4 nitrogen and oxygen atoms in total. The predicted octanol–water partition coefficient (Wildman–Crippen LogP) is 2.08. The number of likely N-dealkylation sites (tertiary alicyclic amines) is 1. The SMILES string of the molecule is CC(=O)c1coc2ccc(OCC[NH+]3CCCCC3)cc12. The highest BCUT2D eigenvalue weighted by Gasteiger charge is 2.14. The third-order valence-corrected chi connectivity index (χ3v) is 4.21. The van der Waals surface area contributed by atoms with Crippen LogP contribution in [0, 0.1) is 0 Å². The Morgan fingerprint density at radius 2 is 2.10 bits per heavy atom. The zero-order valence-corrected chi connectivity index (χ0v) is 12.5. The van der Waals surface area contributed by atoms with Gasteiger partial charge in [0.1, 0.15) is 30.7 Å². The van der Waals surface area contributed by atoms with E-state index in [1.54, 1.807) is 11.8 Å². The van der Waals surface area contributed by atoms with Gasteiger partial charge in [-0.25, -0.2) is 0 Å². The maximum Gasteiger partial charge on any atom is 0.163 e. The molecule has 2 aromatic rings. The summed E-state index contributed by atoms with van der Waals surface area (Å²) < 4.78 is 11.2. The summed E-state index contributed by atoms with van der Waals surface area (Å²) in [6, 6.07) is 5.67. The number of furan rings is 1. The Kier molecular flexibility index (Phi) is 4.25. The summed E-state index contributed by atoms with van der Waals surface area (Å²) in [6.45, 7) is 5.84. The summed E-state index contributed by atoms with van der Waals surface area (Å²) in [5, 5.41) is 0.838. The number of fused-ring (bicyclic) bond motifs is 1. The van der Waals surface area contributed by atoms with Crippen LogP contribution in [0.3, 0.4) is 0 Å². The normalized spacial score (nSPS) is 16.2. The molecular formula is C17H22NO3+.